The molecule has 2 N–H and O–H groups in total. The summed E-state index contributed by atoms with van der Waals surface area (Å²) in [5.41, 5.74) is 7.16. The van der Waals surface area contributed by atoms with E-state index in [0.717, 1.165) is 10.4 Å². The minimum absolute atomic E-state index is 0. The second kappa shape index (κ2) is 7.38. The summed E-state index contributed by atoms with van der Waals surface area (Å²) in [6.07, 6.45) is 0. The Morgan fingerprint density at radius 3 is 2.10 bits per heavy atom. The molecule has 4 nitrogen and oxygen atoms in total. The number of thiophene rings is 1. The van der Waals surface area contributed by atoms with Crippen molar-refractivity contribution in [3.63, 3.8) is 0 Å². The molecule has 0 spiro atoms. The van der Waals surface area contributed by atoms with Crippen molar-refractivity contribution in [2.24, 2.45) is 5.73 Å². The molecule has 0 fully saturated rings. The summed E-state index contributed by atoms with van der Waals surface area (Å²) in [7, 11) is 4.81. The van der Waals surface area contributed by atoms with Gasteiger partial charge in [0.15, 0.2) is 11.5 Å². The minimum atomic E-state index is -0.241. The van der Waals surface area contributed by atoms with Crippen LogP contribution in [0.1, 0.15) is 16.5 Å². The van der Waals surface area contributed by atoms with Crippen LogP contribution < -0.4 is 19.9 Å². The highest BCUT2D eigenvalue weighted by Crippen LogP contribution is 2.39. The average molecular weight is 316 g/mol. The van der Waals surface area contributed by atoms with E-state index in [9.17, 15) is 0 Å². The highest BCUT2D eigenvalue weighted by Gasteiger charge is 2.19. The largest absolute Gasteiger partial charge is 0.496 e. The summed E-state index contributed by atoms with van der Waals surface area (Å²) in [5, 5.41) is 2.00. The van der Waals surface area contributed by atoms with Gasteiger partial charge in [0.1, 0.15) is 5.75 Å². The van der Waals surface area contributed by atoms with Gasteiger partial charge < -0.3 is 19.9 Å². The third-order valence-electron chi connectivity index (χ3n) is 2.92. The van der Waals surface area contributed by atoms with E-state index in [-0.39, 0.29) is 18.4 Å². The van der Waals surface area contributed by atoms with Gasteiger partial charge in [0.25, 0.3) is 0 Å². The molecule has 0 radical (unpaired) electrons. The van der Waals surface area contributed by atoms with Crippen molar-refractivity contribution >= 4 is 23.7 Å². The SMILES string of the molecule is COc1cc(OC)c([C@@H](N)c2cccs2)cc1OC.Cl. The van der Waals surface area contributed by atoms with Crippen LogP contribution in [0, 0.1) is 0 Å². The van der Waals surface area contributed by atoms with Crippen LogP contribution in [-0.2, 0) is 0 Å². The van der Waals surface area contributed by atoms with E-state index in [1.165, 1.54) is 0 Å². The van der Waals surface area contributed by atoms with Crippen molar-refractivity contribution in [1.82, 2.24) is 0 Å². The van der Waals surface area contributed by atoms with Crippen molar-refractivity contribution in [3.05, 3.63) is 40.1 Å². The summed E-state index contributed by atoms with van der Waals surface area (Å²) in [6.45, 7) is 0. The van der Waals surface area contributed by atoms with Crippen molar-refractivity contribution in [3.8, 4) is 17.2 Å². The fraction of sp³-hybridized carbons (Fsp3) is 0.286. The first-order chi connectivity index (χ1) is 9.21. The number of hydrogen-bond acceptors (Lipinski definition) is 5. The lowest BCUT2D eigenvalue weighted by Gasteiger charge is -2.17. The van der Waals surface area contributed by atoms with Crippen LogP contribution in [0.5, 0.6) is 17.2 Å². The molecule has 1 aromatic carbocycles. The van der Waals surface area contributed by atoms with Crippen LogP contribution in [0.25, 0.3) is 0 Å². The second-order valence-corrected chi connectivity index (χ2v) is 4.92. The first-order valence-corrected chi connectivity index (χ1v) is 6.68. The lowest BCUT2D eigenvalue weighted by Crippen LogP contribution is -2.12. The van der Waals surface area contributed by atoms with Gasteiger partial charge in [0.2, 0.25) is 0 Å². The van der Waals surface area contributed by atoms with E-state index in [1.54, 1.807) is 38.7 Å². The van der Waals surface area contributed by atoms with Gasteiger partial charge in [-0.15, -0.1) is 23.7 Å². The monoisotopic (exact) mass is 315 g/mol. The molecule has 0 saturated carbocycles. The maximum Gasteiger partial charge on any atom is 0.164 e. The number of benzene rings is 1. The van der Waals surface area contributed by atoms with Crippen molar-refractivity contribution in [1.29, 1.82) is 0 Å². The first kappa shape index (κ1) is 16.6. The molecule has 6 heteroatoms. The number of nitrogens with two attached hydrogens (primary N) is 1. The third kappa shape index (κ3) is 3.17. The smallest absolute Gasteiger partial charge is 0.164 e. The summed E-state index contributed by atoms with van der Waals surface area (Å²) < 4.78 is 16.0. The maximum absolute atomic E-state index is 6.29. The molecule has 0 unspecified atom stereocenters. The fourth-order valence-corrected chi connectivity index (χ4v) is 2.66. The molecule has 110 valence electrons. The molecule has 0 amide bonds. The predicted octanol–water partition coefficient (Wildman–Crippen LogP) is 3.24. The Kier molecular flexibility index (Phi) is 6.13. The molecule has 2 aromatic rings. The number of hydrogen-bond donors (Lipinski definition) is 1. The standard InChI is InChI=1S/C14H17NO3S.ClH/c1-16-10-8-12(18-3)11(17-2)7-9(10)14(15)13-5-4-6-19-13;/h4-8,14H,15H2,1-3H3;1H/t14-;/m1./s1. The molecule has 1 atom stereocenters. The quantitative estimate of drug-likeness (QED) is 0.920. The van der Waals surface area contributed by atoms with Crippen LogP contribution in [0.4, 0.5) is 0 Å². The normalized spacial score (nSPS) is 11.4. The summed E-state index contributed by atoms with van der Waals surface area (Å²) in [5.74, 6) is 1.96. The van der Waals surface area contributed by atoms with Gasteiger partial charge in [0.05, 0.1) is 27.4 Å². The Labute approximate surface area is 128 Å². The number of methoxy groups -OCH3 is 3. The van der Waals surface area contributed by atoms with Gasteiger partial charge in [0, 0.05) is 16.5 Å². The summed E-state index contributed by atoms with van der Waals surface area (Å²) in [6, 6.07) is 7.40. The lowest BCUT2D eigenvalue weighted by atomic mass is 10.0. The second-order valence-electron chi connectivity index (χ2n) is 3.94. The molecule has 0 aliphatic carbocycles. The van der Waals surface area contributed by atoms with Crippen LogP contribution >= 0.6 is 23.7 Å². The highest BCUT2D eigenvalue weighted by molar-refractivity contribution is 7.10. The Balaban J connectivity index is 0.00000200. The Morgan fingerprint density at radius 1 is 1.00 bits per heavy atom. The van der Waals surface area contributed by atoms with Crippen molar-refractivity contribution in [2.45, 2.75) is 6.04 Å². The van der Waals surface area contributed by atoms with Crippen LogP contribution in [0.2, 0.25) is 0 Å². The Bertz CT molecular complexity index is 546. The number of halogens is 1. The van der Waals surface area contributed by atoms with Crippen LogP contribution in [0.3, 0.4) is 0 Å². The maximum atomic E-state index is 6.29. The minimum Gasteiger partial charge on any atom is -0.496 e. The zero-order chi connectivity index (χ0) is 13.8. The average Bonchev–Trinajstić information content (AvgIpc) is 2.99. The highest BCUT2D eigenvalue weighted by atomic mass is 35.5. The molecule has 2 rings (SSSR count). The lowest BCUT2D eigenvalue weighted by molar-refractivity contribution is 0.347. The number of ether oxygens (including phenoxy) is 3. The Morgan fingerprint density at radius 2 is 1.60 bits per heavy atom. The Hall–Kier alpha value is -1.43. The molecule has 1 aromatic heterocycles. The molecular formula is C14H18ClNO3S. The third-order valence-corrected chi connectivity index (χ3v) is 3.88. The molecule has 0 aliphatic rings. The van der Waals surface area contributed by atoms with Gasteiger partial charge in [-0.25, -0.2) is 0 Å². The summed E-state index contributed by atoms with van der Waals surface area (Å²) in [4.78, 5) is 1.07. The van der Waals surface area contributed by atoms with Crippen molar-refractivity contribution in [2.75, 3.05) is 21.3 Å². The zero-order valence-electron chi connectivity index (χ0n) is 11.6. The summed E-state index contributed by atoms with van der Waals surface area (Å²) >= 11 is 1.62. The molecular weight excluding hydrogens is 298 g/mol. The first-order valence-electron chi connectivity index (χ1n) is 5.80. The van der Waals surface area contributed by atoms with E-state index < -0.39 is 0 Å². The zero-order valence-corrected chi connectivity index (χ0v) is 13.2. The van der Waals surface area contributed by atoms with E-state index in [2.05, 4.69) is 0 Å². The van der Waals surface area contributed by atoms with Crippen LogP contribution in [-0.4, -0.2) is 21.3 Å². The molecule has 0 saturated heterocycles. The molecule has 0 aliphatic heterocycles. The van der Waals surface area contributed by atoms with Gasteiger partial charge in [-0.2, -0.15) is 0 Å². The molecule has 1 heterocycles. The van der Waals surface area contributed by atoms with Gasteiger partial charge in [-0.3, -0.25) is 0 Å². The van der Waals surface area contributed by atoms with Crippen molar-refractivity contribution < 1.29 is 14.2 Å². The fourth-order valence-electron chi connectivity index (χ4n) is 1.92. The predicted molar refractivity (Wildman–Crippen MR) is 83.7 cm³/mol. The molecule has 0 bridgehead atoms. The topological polar surface area (TPSA) is 53.7 Å². The van der Waals surface area contributed by atoms with E-state index >= 15 is 0 Å². The van der Waals surface area contributed by atoms with E-state index in [0.29, 0.717) is 17.2 Å². The van der Waals surface area contributed by atoms with Gasteiger partial charge >= 0.3 is 0 Å². The van der Waals surface area contributed by atoms with Gasteiger partial charge in [-0.1, -0.05) is 6.07 Å². The van der Waals surface area contributed by atoms with Crippen LogP contribution in [0.15, 0.2) is 29.6 Å². The van der Waals surface area contributed by atoms with Gasteiger partial charge in [-0.05, 0) is 17.5 Å². The number of rotatable bonds is 5. The van der Waals surface area contributed by atoms with E-state index in [1.807, 2.05) is 23.6 Å². The van der Waals surface area contributed by atoms with E-state index in [4.69, 9.17) is 19.9 Å². The molecule has 20 heavy (non-hydrogen) atoms.